The molecular formula is C16H31N3O. The van der Waals surface area contributed by atoms with Gasteiger partial charge in [0.05, 0.1) is 5.41 Å². The second-order valence-corrected chi connectivity index (χ2v) is 6.83. The highest BCUT2D eigenvalue weighted by Gasteiger charge is 2.39. The van der Waals surface area contributed by atoms with Crippen LogP contribution >= 0.6 is 0 Å². The molecule has 0 aromatic heterocycles. The predicted octanol–water partition coefficient (Wildman–Crippen LogP) is 1.74. The molecule has 2 fully saturated rings. The van der Waals surface area contributed by atoms with Gasteiger partial charge in [-0.2, -0.15) is 0 Å². The Kier molecular flexibility index (Phi) is 5.85. The zero-order valence-electron chi connectivity index (χ0n) is 13.0. The number of amides is 1. The first-order chi connectivity index (χ1) is 9.66. The second kappa shape index (κ2) is 7.41. The number of rotatable bonds is 6. The molecule has 1 aliphatic heterocycles. The summed E-state index contributed by atoms with van der Waals surface area (Å²) < 4.78 is 0. The highest BCUT2D eigenvalue weighted by Crippen LogP contribution is 2.37. The van der Waals surface area contributed by atoms with Crippen LogP contribution in [-0.4, -0.2) is 43.5 Å². The summed E-state index contributed by atoms with van der Waals surface area (Å²) >= 11 is 0. The number of carbonyl (C=O) groups is 1. The zero-order valence-corrected chi connectivity index (χ0v) is 13.0. The van der Waals surface area contributed by atoms with Crippen molar-refractivity contribution in [1.29, 1.82) is 0 Å². The van der Waals surface area contributed by atoms with E-state index in [1.165, 1.54) is 25.9 Å². The SMILES string of the molecule is CC1CCN(CCCNC(=O)C2(CN)CCCC2)CC1. The quantitative estimate of drug-likeness (QED) is 0.729. The number of carbonyl (C=O) groups excluding carboxylic acids is 1. The molecule has 0 bridgehead atoms. The van der Waals surface area contributed by atoms with Gasteiger partial charge in [-0.1, -0.05) is 19.8 Å². The number of nitrogens with zero attached hydrogens (tertiary/aromatic N) is 1. The highest BCUT2D eigenvalue weighted by molar-refractivity contribution is 5.83. The summed E-state index contributed by atoms with van der Waals surface area (Å²) in [6.07, 6.45) is 7.94. The minimum Gasteiger partial charge on any atom is -0.356 e. The van der Waals surface area contributed by atoms with E-state index in [-0.39, 0.29) is 11.3 Å². The van der Waals surface area contributed by atoms with Gasteiger partial charge in [0, 0.05) is 13.1 Å². The Morgan fingerprint density at radius 3 is 2.55 bits per heavy atom. The molecule has 0 aromatic carbocycles. The number of piperidine rings is 1. The Hall–Kier alpha value is -0.610. The minimum absolute atomic E-state index is 0.199. The van der Waals surface area contributed by atoms with Crippen molar-refractivity contribution in [3.8, 4) is 0 Å². The minimum atomic E-state index is -0.249. The van der Waals surface area contributed by atoms with Gasteiger partial charge in [0.15, 0.2) is 0 Å². The van der Waals surface area contributed by atoms with Crippen LogP contribution in [-0.2, 0) is 4.79 Å². The fraction of sp³-hybridized carbons (Fsp3) is 0.938. The number of nitrogens with two attached hydrogens (primary N) is 1. The van der Waals surface area contributed by atoms with E-state index in [1.807, 2.05) is 0 Å². The van der Waals surface area contributed by atoms with E-state index >= 15 is 0 Å². The van der Waals surface area contributed by atoms with Crippen molar-refractivity contribution in [3.63, 3.8) is 0 Å². The fourth-order valence-corrected chi connectivity index (χ4v) is 3.55. The lowest BCUT2D eigenvalue weighted by atomic mass is 9.85. The maximum atomic E-state index is 12.3. The van der Waals surface area contributed by atoms with Crippen LogP contribution in [0.1, 0.15) is 51.9 Å². The molecule has 20 heavy (non-hydrogen) atoms. The molecule has 0 spiro atoms. The largest absolute Gasteiger partial charge is 0.356 e. The molecule has 4 heteroatoms. The maximum Gasteiger partial charge on any atom is 0.227 e. The standard InChI is InChI=1S/C16H31N3O/c1-14-5-11-19(12-6-14)10-4-9-18-15(20)16(13-17)7-2-3-8-16/h14H,2-13,17H2,1H3,(H,18,20). The van der Waals surface area contributed by atoms with Crippen LogP contribution in [0, 0.1) is 11.3 Å². The van der Waals surface area contributed by atoms with Gasteiger partial charge in [0.2, 0.25) is 5.91 Å². The molecule has 0 unspecified atom stereocenters. The maximum absolute atomic E-state index is 12.3. The molecule has 1 aliphatic carbocycles. The van der Waals surface area contributed by atoms with Crippen molar-refractivity contribution in [2.45, 2.75) is 51.9 Å². The molecule has 116 valence electrons. The van der Waals surface area contributed by atoms with Crippen molar-refractivity contribution < 1.29 is 4.79 Å². The van der Waals surface area contributed by atoms with Crippen LogP contribution in [0.15, 0.2) is 0 Å². The average Bonchev–Trinajstić information content (AvgIpc) is 2.95. The first-order valence-electron chi connectivity index (χ1n) is 8.37. The van der Waals surface area contributed by atoms with E-state index in [9.17, 15) is 4.79 Å². The van der Waals surface area contributed by atoms with E-state index in [2.05, 4.69) is 17.1 Å². The van der Waals surface area contributed by atoms with Crippen LogP contribution in [0.25, 0.3) is 0 Å². The first-order valence-corrected chi connectivity index (χ1v) is 8.37. The van der Waals surface area contributed by atoms with E-state index in [0.717, 1.165) is 51.1 Å². The summed E-state index contributed by atoms with van der Waals surface area (Å²) in [6, 6.07) is 0. The van der Waals surface area contributed by atoms with E-state index in [0.29, 0.717) is 6.54 Å². The third-order valence-corrected chi connectivity index (χ3v) is 5.25. The molecule has 0 atom stereocenters. The highest BCUT2D eigenvalue weighted by atomic mass is 16.2. The lowest BCUT2D eigenvalue weighted by Gasteiger charge is -2.30. The third kappa shape index (κ3) is 3.95. The first kappa shape index (κ1) is 15.8. The topological polar surface area (TPSA) is 58.4 Å². The Labute approximate surface area is 123 Å². The molecule has 3 N–H and O–H groups in total. The van der Waals surface area contributed by atoms with Gasteiger partial charge in [-0.15, -0.1) is 0 Å². The number of hydrogen-bond acceptors (Lipinski definition) is 3. The van der Waals surface area contributed by atoms with Crippen LogP contribution < -0.4 is 11.1 Å². The fourth-order valence-electron chi connectivity index (χ4n) is 3.55. The van der Waals surface area contributed by atoms with Gasteiger partial charge in [-0.25, -0.2) is 0 Å². The van der Waals surface area contributed by atoms with Crippen LogP contribution in [0.2, 0.25) is 0 Å². The van der Waals surface area contributed by atoms with Gasteiger partial charge in [-0.3, -0.25) is 4.79 Å². The van der Waals surface area contributed by atoms with Crippen molar-refractivity contribution in [2.75, 3.05) is 32.7 Å². The molecule has 1 saturated heterocycles. The predicted molar refractivity (Wildman–Crippen MR) is 82.4 cm³/mol. The van der Waals surface area contributed by atoms with Crippen molar-refractivity contribution >= 4 is 5.91 Å². The molecule has 2 aliphatic rings. The van der Waals surface area contributed by atoms with E-state index in [1.54, 1.807) is 0 Å². The molecule has 1 heterocycles. The summed E-state index contributed by atoms with van der Waals surface area (Å²) in [7, 11) is 0. The van der Waals surface area contributed by atoms with Crippen LogP contribution in [0.5, 0.6) is 0 Å². The molecule has 0 aromatic rings. The summed E-state index contributed by atoms with van der Waals surface area (Å²) in [5.74, 6) is 1.09. The Morgan fingerprint density at radius 1 is 1.30 bits per heavy atom. The Morgan fingerprint density at radius 2 is 1.95 bits per heavy atom. The van der Waals surface area contributed by atoms with E-state index in [4.69, 9.17) is 5.73 Å². The molecule has 2 rings (SSSR count). The summed E-state index contributed by atoms with van der Waals surface area (Å²) in [4.78, 5) is 14.8. The van der Waals surface area contributed by atoms with Gasteiger partial charge < -0.3 is 16.0 Å². The molecule has 4 nitrogen and oxygen atoms in total. The van der Waals surface area contributed by atoms with Crippen LogP contribution in [0.3, 0.4) is 0 Å². The Bertz CT molecular complexity index is 305. The smallest absolute Gasteiger partial charge is 0.227 e. The van der Waals surface area contributed by atoms with Gasteiger partial charge >= 0.3 is 0 Å². The lowest BCUT2D eigenvalue weighted by molar-refractivity contribution is -0.130. The zero-order chi connectivity index (χ0) is 14.4. The van der Waals surface area contributed by atoms with Crippen molar-refractivity contribution in [1.82, 2.24) is 10.2 Å². The summed E-state index contributed by atoms with van der Waals surface area (Å²) in [5.41, 5.74) is 5.59. The van der Waals surface area contributed by atoms with E-state index < -0.39 is 0 Å². The summed E-state index contributed by atoms with van der Waals surface area (Å²) in [6.45, 7) is 7.20. The van der Waals surface area contributed by atoms with Gasteiger partial charge in [0.1, 0.15) is 0 Å². The molecular weight excluding hydrogens is 250 g/mol. The molecule has 1 amide bonds. The van der Waals surface area contributed by atoms with Crippen molar-refractivity contribution in [3.05, 3.63) is 0 Å². The molecule has 1 saturated carbocycles. The van der Waals surface area contributed by atoms with Crippen LogP contribution in [0.4, 0.5) is 0 Å². The molecule has 0 radical (unpaired) electrons. The third-order valence-electron chi connectivity index (χ3n) is 5.25. The Balaban J connectivity index is 1.62. The monoisotopic (exact) mass is 281 g/mol. The summed E-state index contributed by atoms with van der Waals surface area (Å²) in [5, 5.41) is 3.12. The lowest BCUT2D eigenvalue weighted by Crippen LogP contribution is -2.45. The second-order valence-electron chi connectivity index (χ2n) is 6.83. The normalized spacial score (nSPS) is 23.9. The average molecular weight is 281 g/mol. The number of hydrogen-bond donors (Lipinski definition) is 2. The number of nitrogens with one attached hydrogen (secondary N) is 1. The van der Waals surface area contributed by atoms with Gasteiger partial charge in [-0.05, 0) is 57.7 Å². The number of likely N-dealkylation sites (tertiary alicyclic amines) is 1. The van der Waals surface area contributed by atoms with Gasteiger partial charge in [0.25, 0.3) is 0 Å². The van der Waals surface area contributed by atoms with Crippen molar-refractivity contribution in [2.24, 2.45) is 17.1 Å².